The van der Waals surface area contributed by atoms with Crippen molar-refractivity contribution >= 4 is 38.9 Å². The number of nitrogens with two attached hydrogens (primary N) is 1. The summed E-state index contributed by atoms with van der Waals surface area (Å²) in [6.07, 6.45) is 1.36. The van der Waals surface area contributed by atoms with Crippen LogP contribution in [0.5, 0.6) is 5.75 Å². The molecule has 0 spiro atoms. The van der Waals surface area contributed by atoms with Gasteiger partial charge in [0.2, 0.25) is 0 Å². The predicted molar refractivity (Wildman–Crippen MR) is 60.4 cm³/mol. The first-order valence-electron chi connectivity index (χ1n) is 4.57. The van der Waals surface area contributed by atoms with Crippen LogP contribution in [0.15, 0.2) is 18.5 Å². The summed E-state index contributed by atoms with van der Waals surface area (Å²) in [6, 6.07) is 2.86. The summed E-state index contributed by atoms with van der Waals surface area (Å²) in [4.78, 5) is 18.5. The Balaban J connectivity index is 2.72. The standard InChI is InChI=1S/C8H6IN5O3.Al/c10-8-4-1-6(14(15)16)7(17-9-11)2-5(4)12-3-13-8;/h1-3H,11H2,(H-,10,12,13);/q-2;+1. The van der Waals surface area contributed by atoms with Crippen molar-refractivity contribution in [3.63, 3.8) is 0 Å². The molecule has 1 heterocycles. The number of nitro groups is 1. The normalized spacial score (nSPS) is 10.5. The molecule has 1 aromatic carbocycles. The second kappa shape index (κ2) is 5.62. The fourth-order valence-electron chi connectivity index (χ4n) is 1.44. The molecule has 0 saturated carbocycles. The van der Waals surface area contributed by atoms with Gasteiger partial charge in [0.05, 0.1) is 0 Å². The molecule has 2 radical (unpaired) electrons. The van der Waals surface area contributed by atoms with Gasteiger partial charge in [-0.15, -0.1) is 0 Å². The molecule has 0 bridgehead atoms. The monoisotopic (exact) mass is 374 g/mol. The van der Waals surface area contributed by atoms with Crippen molar-refractivity contribution in [1.29, 1.82) is 0 Å². The van der Waals surface area contributed by atoms with Crippen LogP contribution < -0.4 is 33.2 Å². The molecule has 2 rings (SSSR count). The molecule has 0 fully saturated rings. The summed E-state index contributed by atoms with van der Waals surface area (Å²) in [5.41, 5.74) is 0.400. The van der Waals surface area contributed by atoms with Gasteiger partial charge in [-0.2, -0.15) is 0 Å². The first kappa shape index (κ1) is 13.2. The molecule has 0 atom stereocenters. The van der Waals surface area contributed by atoms with Crippen molar-refractivity contribution in [2.45, 2.75) is 0 Å². The predicted octanol–water partition coefficient (Wildman–Crippen LogP) is -2.71. The fourth-order valence-corrected chi connectivity index (χ4v) is 2.30. The summed E-state index contributed by atoms with van der Waals surface area (Å²) in [5.74, 6) is 0.623. The van der Waals surface area contributed by atoms with Crippen LogP contribution >= 0.6 is 0 Å². The van der Waals surface area contributed by atoms with Gasteiger partial charge in [-0.3, -0.25) is 0 Å². The van der Waals surface area contributed by atoms with Gasteiger partial charge in [0.15, 0.2) is 0 Å². The van der Waals surface area contributed by atoms with Gasteiger partial charge in [-0.1, -0.05) is 0 Å². The summed E-state index contributed by atoms with van der Waals surface area (Å²) in [6.45, 7) is 0. The Labute approximate surface area is 121 Å². The van der Waals surface area contributed by atoms with Crippen LogP contribution in [0, 0.1) is 10.1 Å². The van der Waals surface area contributed by atoms with Crippen LogP contribution in [0.4, 0.5) is 11.5 Å². The summed E-state index contributed by atoms with van der Waals surface area (Å²) >= 11 is 1.23. The van der Waals surface area contributed by atoms with E-state index in [4.69, 9.17) is 7.01 Å². The minimum absolute atomic E-state index is 0.135. The SMILES string of the molecule is N[I-]Oc1cc2ncnc([NH][Al])c2cc1[N+](=O)[O-]. The molecule has 0 aliphatic carbocycles. The van der Waals surface area contributed by atoms with Crippen LogP contribution in [0.1, 0.15) is 0 Å². The van der Waals surface area contributed by atoms with E-state index in [1.54, 1.807) is 0 Å². The molecule has 10 heteroatoms. The van der Waals surface area contributed by atoms with E-state index in [1.807, 2.05) is 0 Å². The zero-order chi connectivity index (χ0) is 13.1. The summed E-state index contributed by atoms with van der Waals surface area (Å²) in [5, 5.41) is 11.5. The van der Waals surface area contributed by atoms with Gasteiger partial charge < -0.3 is 0 Å². The van der Waals surface area contributed by atoms with E-state index in [9.17, 15) is 10.1 Å². The Morgan fingerprint density at radius 3 is 2.89 bits per heavy atom. The molecule has 0 saturated heterocycles. The molecule has 0 aliphatic rings. The van der Waals surface area contributed by atoms with Gasteiger partial charge in [-0.05, 0) is 0 Å². The first-order chi connectivity index (χ1) is 8.67. The van der Waals surface area contributed by atoms with E-state index in [0.29, 0.717) is 16.7 Å². The number of nitrogens with one attached hydrogen (secondary N) is 1. The van der Waals surface area contributed by atoms with Crippen LogP contribution in [0.25, 0.3) is 10.9 Å². The molecular formula is C8H6AlIN5O3-. The molecule has 1 aromatic heterocycles. The molecule has 2 aromatic rings. The molecule has 92 valence electrons. The topological polar surface area (TPSA) is 116 Å². The van der Waals surface area contributed by atoms with E-state index < -0.39 is 26.8 Å². The average molecular weight is 374 g/mol. The Hall–Kier alpha value is -1.22. The molecular weight excluding hydrogens is 368 g/mol. The van der Waals surface area contributed by atoms with Crippen LogP contribution in [0.3, 0.4) is 0 Å². The number of nitro benzene ring substituents is 1. The number of halogens is 1. The van der Waals surface area contributed by atoms with Gasteiger partial charge in [-0.25, -0.2) is 0 Å². The van der Waals surface area contributed by atoms with Crippen molar-refractivity contribution in [2.75, 3.05) is 4.30 Å². The van der Waals surface area contributed by atoms with Gasteiger partial charge in [0.25, 0.3) is 0 Å². The Morgan fingerprint density at radius 2 is 2.28 bits per heavy atom. The zero-order valence-corrected chi connectivity index (χ0v) is 12.1. The number of hydrogen-bond acceptors (Lipinski definition) is 7. The summed E-state index contributed by atoms with van der Waals surface area (Å²) < 4.78 is 13.3. The maximum atomic E-state index is 11.0. The Kier molecular flexibility index (Phi) is 4.12. The number of aromatic nitrogens is 2. The van der Waals surface area contributed by atoms with Crippen LogP contribution in [-0.4, -0.2) is 31.4 Å². The number of anilines is 1. The Morgan fingerprint density at radius 1 is 1.50 bits per heavy atom. The van der Waals surface area contributed by atoms with Crippen molar-refractivity contribution in [1.82, 2.24) is 9.97 Å². The quantitative estimate of drug-likeness (QED) is 0.197. The summed E-state index contributed by atoms with van der Waals surface area (Å²) in [7, 11) is 0. The van der Waals surface area contributed by atoms with E-state index in [2.05, 4.69) is 30.8 Å². The van der Waals surface area contributed by atoms with E-state index >= 15 is 0 Å². The fraction of sp³-hybridized carbons (Fsp3) is 0. The second-order valence-corrected chi connectivity index (χ2v) is 4.36. The van der Waals surface area contributed by atoms with Crippen molar-refractivity contribution in [3.05, 3.63) is 28.6 Å². The van der Waals surface area contributed by atoms with Gasteiger partial charge in [0.1, 0.15) is 0 Å². The number of hydrogen-bond donors (Lipinski definition) is 2. The van der Waals surface area contributed by atoms with Crippen LogP contribution in [0.2, 0.25) is 0 Å². The Bertz CT molecular complexity index is 611. The first-order valence-corrected chi connectivity index (χ1v) is 7.28. The number of nitrogens with zero attached hydrogens (tertiary/aromatic N) is 3. The molecule has 0 unspecified atom stereocenters. The van der Waals surface area contributed by atoms with Crippen molar-refractivity contribution in [2.24, 2.45) is 3.95 Å². The minimum atomic E-state index is -1.05. The van der Waals surface area contributed by atoms with Crippen molar-refractivity contribution < 1.29 is 29.9 Å². The number of fused-ring (bicyclic) bond motifs is 1. The molecule has 8 nitrogen and oxygen atoms in total. The second-order valence-electron chi connectivity index (χ2n) is 3.13. The number of benzene rings is 1. The van der Waals surface area contributed by atoms with E-state index in [0.717, 1.165) is 0 Å². The zero-order valence-electron chi connectivity index (χ0n) is 8.83. The van der Waals surface area contributed by atoms with Crippen LogP contribution in [-0.2, 0) is 0 Å². The van der Waals surface area contributed by atoms with Gasteiger partial charge in [0, 0.05) is 0 Å². The molecule has 0 amide bonds. The molecule has 0 aliphatic heterocycles. The third kappa shape index (κ3) is 2.46. The third-order valence-corrected chi connectivity index (χ3v) is 3.18. The van der Waals surface area contributed by atoms with Crippen molar-refractivity contribution in [3.8, 4) is 5.75 Å². The third-order valence-electron chi connectivity index (χ3n) is 2.18. The van der Waals surface area contributed by atoms with Gasteiger partial charge >= 0.3 is 121 Å². The number of rotatable bonds is 4. The average Bonchev–Trinajstić information content (AvgIpc) is 2.37. The van der Waals surface area contributed by atoms with E-state index in [1.165, 1.54) is 18.5 Å². The molecule has 3 N–H and O–H groups in total. The maximum absolute atomic E-state index is 11.0. The molecule has 18 heavy (non-hydrogen) atoms. The van der Waals surface area contributed by atoms with E-state index in [-0.39, 0.29) is 11.4 Å².